The molecule has 0 unspecified atom stereocenters. The molecule has 3 atom stereocenters. The van der Waals surface area contributed by atoms with Crippen molar-refractivity contribution in [3.63, 3.8) is 0 Å². The summed E-state index contributed by atoms with van der Waals surface area (Å²) in [6, 6.07) is 10.3. The molecule has 0 radical (unpaired) electrons. The predicted molar refractivity (Wildman–Crippen MR) is 82.6 cm³/mol. The summed E-state index contributed by atoms with van der Waals surface area (Å²) in [5.74, 6) is 0.648. The van der Waals surface area contributed by atoms with E-state index in [0.717, 1.165) is 25.9 Å². The van der Waals surface area contributed by atoms with E-state index in [0.29, 0.717) is 24.7 Å². The van der Waals surface area contributed by atoms with Crippen molar-refractivity contribution in [3.8, 4) is 0 Å². The lowest BCUT2D eigenvalue weighted by Crippen LogP contribution is -2.34. The van der Waals surface area contributed by atoms with Crippen LogP contribution >= 0.6 is 0 Å². The zero-order valence-corrected chi connectivity index (χ0v) is 12.5. The van der Waals surface area contributed by atoms with Gasteiger partial charge in [0.25, 0.3) is 0 Å². The van der Waals surface area contributed by atoms with Crippen LogP contribution in [0.15, 0.2) is 43.0 Å². The highest BCUT2D eigenvalue weighted by Gasteiger charge is 2.27. The van der Waals surface area contributed by atoms with Gasteiger partial charge in [-0.1, -0.05) is 43.3 Å². The van der Waals surface area contributed by atoms with E-state index in [2.05, 4.69) is 25.6 Å². The Morgan fingerprint density at radius 2 is 2.10 bits per heavy atom. The second kappa shape index (κ2) is 8.23. The first kappa shape index (κ1) is 15.3. The summed E-state index contributed by atoms with van der Waals surface area (Å²) in [5, 5.41) is 0. The van der Waals surface area contributed by atoms with E-state index < -0.39 is 0 Å². The third-order valence-electron chi connectivity index (χ3n) is 4.04. The minimum absolute atomic E-state index is 0.348. The molecule has 1 aliphatic heterocycles. The van der Waals surface area contributed by atoms with Crippen LogP contribution < -0.4 is 0 Å². The van der Waals surface area contributed by atoms with Crippen molar-refractivity contribution in [1.82, 2.24) is 0 Å². The van der Waals surface area contributed by atoms with Gasteiger partial charge in [-0.2, -0.15) is 0 Å². The number of rotatable bonds is 7. The molecule has 0 bridgehead atoms. The van der Waals surface area contributed by atoms with Gasteiger partial charge in [-0.05, 0) is 37.2 Å². The molecule has 2 nitrogen and oxygen atoms in total. The first-order chi connectivity index (χ1) is 9.79. The largest absolute Gasteiger partial charge is 0.377 e. The molecule has 20 heavy (non-hydrogen) atoms. The van der Waals surface area contributed by atoms with Gasteiger partial charge >= 0.3 is 0 Å². The Labute approximate surface area is 122 Å². The highest BCUT2D eigenvalue weighted by atomic mass is 16.5. The first-order valence-electron chi connectivity index (χ1n) is 7.67. The van der Waals surface area contributed by atoms with Gasteiger partial charge < -0.3 is 9.47 Å². The molecule has 2 rings (SSSR count). The van der Waals surface area contributed by atoms with Gasteiger partial charge in [0, 0.05) is 6.61 Å². The van der Waals surface area contributed by atoms with Crippen LogP contribution in [0.1, 0.15) is 38.2 Å². The maximum absolute atomic E-state index is 6.14. The molecule has 1 saturated heterocycles. The monoisotopic (exact) mass is 274 g/mol. The van der Waals surface area contributed by atoms with Crippen LogP contribution in [0.2, 0.25) is 0 Å². The molecule has 0 saturated carbocycles. The summed E-state index contributed by atoms with van der Waals surface area (Å²) in [6.07, 6.45) is 7.03. The molecule has 1 aromatic rings. The SMILES string of the molecule is C=CC[C@H]1O[C@H](CCOCc2ccccc2)CC[C@@H]1C. The van der Waals surface area contributed by atoms with Gasteiger partial charge in [-0.25, -0.2) is 0 Å². The van der Waals surface area contributed by atoms with E-state index in [9.17, 15) is 0 Å². The molecule has 1 aliphatic rings. The van der Waals surface area contributed by atoms with Crippen LogP contribution in [0.5, 0.6) is 0 Å². The highest BCUT2D eigenvalue weighted by Crippen LogP contribution is 2.28. The zero-order valence-electron chi connectivity index (χ0n) is 12.5. The van der Waals surface area contributed by atoms with Crippen molar-refractivity contribution in [2.24, 2.45) is 5.92 Å². The Bertz CT molecular complexity index is 388. The average molecular weight is 274 g/mol. The van der Waals surface area contributed by atoms with Gasteiger partial charge in [0.05, 0.1) is 18.8 Å². The molecule has 0 amide bonds. The summed E-state index contributed by atoms with van der Waals surface area (Å²) >= 11 is 0. The summed E-state index contributed by atoms with van der Waals surface area (Å²) in [7, 11) is 0. The summed E-state index contributed by atoms with van der Waals surface area (Å²) in [5.41, 5.74) is 1.23. The van der Waals surface area contributed by atoms with Crippen LogP contribution in [0.3, 0.4) is 0 Å². The molecule has 1 fully saturated rings. The van der Waals surface area contributed by atoms with E-state index in [4.69, 9.17) is 9.47 Å². The van der Waals surface area contributed by atoms with Gasteiger partial charge in [-0.3, -0.25) is 0 Å². The van der Waals surface area contributed by atoms with Crippen molar-refractivity contribution >= 4 is 0 Å². The smallest absolute Gasteiger partial charge is 0.0716 e. The Morgan fingerprint density at radius 1 is 1.30 bits per heavy atom. The van der Waals surface area contributed by atoms with Crippen LogP contribution in [-0.2, 0) is 16.1 Å². The number of hydrogen-bond donors (Lipinski definition) is 0. The van der Waals surface area contributed by atoms with Crippen molar-refractivity contribution in [3.05, 3.63) is 48.6 Å². The van der Waals surface area contributed by atoms with Crippen molar-refractivity contribution in [1.29, 1.82) is 0 Å². The fraction of sp³-hybridized carbons (Fsp3) is 0.556. The fourth-order valence-corrected chi connectivity index (χ4v) is 2.73. The molecule has 1 heterocycles. The van der Waals surface area contributed by atoms with Gasteiger partial charge in [0.1, 0.15) is 0 Å². The second-order valence-corrected chi connectivity index (χ2v) is 5.70. The zero-order chi connectivity index (χ0) is 14.2. The number of ether oxygens (including phenoxy) is 2. The first-order valence-corrected chi connectivity index (χ1v) is 7.67. The third kappa shape index (κ3) is 4.77. The maximum atomic E-state index is 6.14. The lowest BCUT2D eigenvalue weighted by Gasteiger charge is -2.34. The lowest BCUT2D eigenvalue weighted by molar-refractivity contribution is -0.0875. The van der Waals surface area contributed by atoms with E-state index in [1.165, 1.54) is 12.0 Å². The molecule has 2 heteroatoms. The van der Waals surface area contributed by atoms with Gasteiger partial charge in [-0.15, -0.1) is 6.58 Å². The predicted octanol–water partition coefficient (Wildman–Crippen LogP) is 4.35. The van der Waals surface area contributed by atoms with Crippen molar-refractivity contribution in [2.45, 2.75) is 51.4 Å². The quantitative estimate of drug-likeness (QED) is 0.543. The second-order valence-electron chi connectivity index (χ2n) is 5.70. The van der Waals surface area contributed by atoms with E-state index >= 15 is 0 Å². The Kier molecular flexibility index (Phi) is 6.28. The minimum atomic E-state index is 0.348. The standard InChI is InChI=1S/C18H26O2/c1-3-7-18-15(2)10-11-17(20-18)12-13-19-14-16-8-5-4-6-9-16/h3-6,8-9,15,17-18H,1,7,10-14H2,2H3/t15-,17-,18+/m0/s1. The van der Waals surface area contributed by atoms with Crippen LogP contribution in [0.25, 0.3) is 0 Å². The summed E-state index contributed by atoms with van der Waals surface area (Å²) in [4.78, 5) is 0. The lowest BCUT2D eigenvalue weighted by atomic mass is 9.91. The maximum Gasteiger partial charge on any atom is 0.0716 e. The minimum Gasteiger partial charge on any atom is -0.377 e. The van der Waals surface area contributed by atoms with E-state index in [-0.39, 0.29) is 0 Å². The molecule has 110 valence electrons. The molecule has 0 aromatic heterocycles. The van der Waals surface area contributed by atoms with E-state index in [1.54, 1.807) is 0 Å². The van der Waals surface area contributed by atoms with Gasteiger partial charge in [0.15, 0.2) is 0 Å². The molecule has 1 aromatic carbocycles. The normalized spacial score (nSPS) is 26.4. The Hall–Kier alpha value is -1.12. The van der Waals surface area contributed by atoms with Crippen LogP contribution in [0.4, 0.5) is 0 Å². The molecule has 0 spiro atoms. The summed E-state index contributed by atoms with van der Waals surface area (Å²) in [6.45, 7) is 7.56. The Morgan fingerprint density at radius 3 is 2.85 bits per heavy atom. The average Bonchev–Trinajstić information content (AvgIpc) is 2.48. The molecule has 0 N–H and O–H groups in total. The van der Waals surface area contributed by atoms with Crippen LogP contribution in [-0.4, -0.2) is 18.8 Å². The van der Waals surface area contributed by atoms with Crippen molar-refractivity contribution < 1.29 is 9.47 Å². The molecular weight excluding hydrogens is 248 g/mol. The Balaban J connectivity index is 1.65. The number of hydrogen-bond acceptors (Lipinski definition) is 2. The van der Waals surface area contributed by atoms with Gasteiger partial charge in [0.2, 0.25) is 0 Å². The molecule has 0 aliphatic carbocycles. The number of benzene rings is 1. The fourth-order valence-electron chi connectivity index (χ4n) is 2.73. The third-order valence-corrected chi connectivity index (χ3v) is 4.04. The van der Waals surface area contributed by atoms with E-state index in [1.807, 2.05) is 24.3 Å². The topological polar surface area (TPSA) is 18.5 Å². The molecular formula is C18H26O2. The van der Waals surface area contributed by atoms with Crippen molar-refractivity contribution in [2.75, 3.05) is 6.61 Å². The highest BCUT2D eigenvalue weighted by molar-refractivity contribution is 5.13. The van der Waals surface area contributed by atoms with Crippen LogP contribution in [0, 0.1) is 5.92 Å². The summed E-state index contributed by atoms with van der Waals surface area (Å²) < 4.78 is 11.9.